The largest absolute Gasteiger partial charge is 0.468 e. The summed E-state index contributed by atoms with van der Waals surface area (Å²) in [6.45, 7) is 6.78. The Balaban J connectivity index is 4.25. The van der Waals surface area contributed by atoms with Crippen LogP contribution >= 0.6 is 0 Å². The number of likely N-dealkylation sites (N-methyl/N-ethyl adjacent to an activating group) is 1. The summed E-state index contributed by atoms with van der Waals surface area (Å²) in [4.78, 5) is 24.7. The molecule has 1 unspecified atom stereocenters. The van der Waals surface area contributed by atoms with Crippen LogP contribution < -0.4 is 5.32 Å². The Labute approximate surface area is 103 Å². The van der Waals surface area contributed by atoms with Crippen molar-refractivity contribution < 1.29 is 14.3 Å². The van der Waals surface area contributed by atoms with Gasteiger partial charge in [0.15, 0.2) is 0 Å². The quantitative estimate of drug-likeness (QED) is 0.668. The number of ether oxygens (including phenoxy) is 1. The Bertz CT molecular complexity index is 254. The zero-order valence-electron chi connectivity index (χ0n) is 11.4. The van der Waals surface area contributed by atoms with Crippen LogP contribution in [-0.4, -0.2) is 50.1 Å². The summed E-state index contributed by atoms with van der Waals surface area (Å²) in [5.74, 6) is 0.0291. The lowest BCUT2D eigenvalue weighted by Gasteiger charge is -2.20. The van der Waals surface area contributed by atoms with Gasteiger partial charge in [0.1, 0.15) is 6.04 Å². The number of amides is 1. The lowest BCUT2D eigenvalue weighted by molar-refractivity contribution is -0.143. The number of hydrogen-bond acceptors (Lipinski definition) is 4. The first-order chi connectivity index (χ1) is 7.92. The highest BCUT2D eigenvalue weighted by Gasteiger charge is 2.21. The van der Waals surface area contributed by atoms with Crippen molar-refractivity contribution in [3.8, 4) is 0 Å². The highest BCUT2D eigenvalue weighted by molar-refractivity contribution is 5.80. The van der Waals surface area contributed by atoms with E-state index in [2.05, 4.69) is 5.32 Å². The van der Waals surface area contributed by atoms with Crippen LogP contribution in [0.3, 0.4) is 0 Å². The SMILES string of the molecule is CCN(C)C(=O)CNC(CC(C)C)C(=O)OC. The minimum absolute atomic E-state index is 0.0230. The molecule has 0 saturated heterocycles. The lowest BCUT2D eigenvalue weighted by atomic mass is 10.0. The second-order valence-corrected chi connectivity index (χ2v) is 4.49. The molecular formula is C12H24N2O3. The maximum absolute atomic E-state index is 11.6. The van der Waals surface area contributed by atoms with E-state index >= 15 is 0 Å². The lowest BCUT2D eigenvalue weighted by Crippen LogP contribution is -2.44. The third kappa shape index (κ3) is 6.26. The predicted octanol–water partition coefficient (Wildman–Crippen LogP) is 0.642. The molecule has 17 heavy (non-hydrogen) atoms. The summed E-state index contributed by atoms with van der Waals surface area (Å²) in [5.41, 5.74) is 0. The van der Waals surface area contributed by atoms with Crippen molar-refractivity contribution in [1.82, 2.24) is 10.2 Å². The monoisotopic (exact) mass is 244 g/mol. The molecule has 0 radical (unpaired) electrons. The Morgan fingerprint density at radius 2 is 1.94 bits per heavy atom. The second kappa shape index (κ2) is 8.06. The second-order valence-electron chi connectivity index (χ2n) is 4.49. The van der Waals surface area contributed by atoms with Gasteiger partial charge in [-0.15, -0.1) is 0 Å². The Morgan fingerprint density at radius 1 is 1.35 bits per heavy atom. The first kappa shape index (κ1) is 15.9. The molecule has 1 atom stereocenters. The minimum Gasteiger partial charge on any atom is -0.468 e. The van der Waals surface area contributed by atoms with Crippen LogP contribution in [0, 0.1) is 5.92 Å². The van der Waals surface area contributed by atoms with Crippen LogP contribution in [0.2, 0.25) is 0 Å². The highest BCUT2D eigenvalue weighted by Crippen LogP contribution is 2.06. The van der Waals surface area contributed by atoms with Crippen molar-refractivity contribution in [2.75, 3.05) is 27.2 Å². The van der Waals surface area contributed by atoms with Crippen LogP contribution in [0.15, 0.2) is 0 Å². The molecule has 0 fully saturated rings. The van der Waals surface area contributed by atoms with E-state index in [-0.39, 0.29) is 18.4 Å². The van der Waals surface area contributed by atoms with Crippen LogP contribution in [-0.2, 0) is 14.3 Å². The minimum atomic E-state index is -0.408. The van der Waals surface area contributed by atoms with E-state index in [9.17, 15) is 9.59 Å². The average Bonchev–Trinajstić information content (AvgIpc) is 2.31. The van der Waals surface area contributed by atoms with E-state index in [1.165, 1.54) is 7.11 Å². The molecule has 1 N–H and O–H groups in total. The van der Waals surface area contributed by atoms with E-state index in [1.807, 2.05) is 20.8 Å². The van der Waals surface area contributed by atoms with Gasteiger partial charge >= 0.3 is 5.97 Å². The molecule has 5 nitrogen and oxygen atoms in total. The van der Waals surface area contributed by atoms with Gasteiger partial charge in [-0.1, -0.05) is 13.8 Å². The molecule has 0 saturated carbocycles. The van der Waals surface area contributed by atoms with Gasteiger partial charge in [0.25, 0.3) is 0 Å². The van der Waals surface area contributed by atoms with Gasteiger partial charge in [-0.2, -0.15) is 0 Å². The van der Waals surface area contributed by atoms with Crippen molar-refractivity contribution in [3.05, 3.63) is 0 Å². The maximum Gasteiger partial charge on any atom is 0.322 e. The first-order valence-electron chi connectivity index (χ1n) is 5.97. The molecule has 0 aromatic rings. The number of rotatable bonds is 7. The molecule has 0 heterocycles. The summed E-state index contributed by atoms with van der Waals surface area (Å²) in [5, 5.41) is 2.95. The molecule has 0 aliphatic rings. The summed E-state index contributed by atoms with van der Waals surface area (Å²) in [6.07, 6.45) is 0.662. The number of esters is 1. The standard InChI is InChI=1S/C12H24N2O3/c1-6-14(4)11(15)8-13-10(7-9(2)3)12(16)17-5/h9-10,13H,6-8H2,1-5H3. The van der Waals surface area contributed by atoms with Crippen molar-refractivity contribution in [2.24, 2.45) is 5.92 Å². The molecule has 5 heteroatoms. The third-order valence-electron chi connectivity index (χ3n) is 2.59. The van der Waals surface area contributed by atoms with Crippen molar-refractivity contribution in [3.63, 3.8) is 0 Å². The van der Waals surface area contributed by atoms with Crippen molar-refractivity contribution >= 4 is 11.9 Å². The molecular weight excluding hydrogens is 220 g/mol. The highest BCUT2D eigenvalue weighted by atomic mass is 16.5. The average molecular weight is 244 g/mol. The fraction of sp³-hybridized carbons (Fsp3) is 0.833. The first-order valence-corrected chi connectivity index (χ1v) is 5.97. The Morgan fingerprint density at radius 3 is 2.35 bits per heavy atom. The molecule has 0 spiro atoms. The van der Waals surface area contributed by atoms with E-state index in [4.69, 9.17) is 4.74 Å². The fourth-order valence-corrected chi connectivity index (χ4v) is 1.40. The normalized spacial score (nSPS) is 12.4. The summed E-state index contributed by atoms with van der Waals surface area (Å²) in [7, 11) is 3.09. The van der Waals surface area contributed by atoms with E-state index < -0.39 is 6.04 Å². The van der Waals surface area contributed by atoms with Crippen molar-refractivity contribution in [1.29, 1.82) is 0 Å². The summed E-state index contributed by atoms with van der Waals surface area (Å²) < 4.78 is 4.71. The van der Waals surface area contributed by atoms with Crippen LogP contribution in [0.5, 0.6) is 0 Å². The van der Waals surface area contributed by atoms with E-state index in [0.29, 0.717) is 18.9 Å². The van der Waals surface area contributed by atoms with E-state index in [0.717, 1.165) is 0 Å². The smallest absolute Gasteiger partial charge is 0.322 e. The van der Waals surface area contributed by atoms with Crippen molar-refractivity contribution in [2.45, 2.75) is 33.2 Å². The van der Waals surface area contributed by atoms with Crippen LogP contribution in [0.25, 0.3) is 0 Å². The number of carbonyl (C=O) groups excluding carboxylic acids is 2. The number of nitrogens with zero attached hydrogens (tertiary/aromatic N) is 1. The van der Waals surface area contributed by atoms with Crippen LogP contribution in [0.1, 0.15) is 27.2 Å². The molecule has 1 amide bonds. The molecule has 0 rings (SSSR count). The fourth-order valence-electron chi connectivity index (χ4n) is 1.40. The molecule has 0 bridgehead atoms. The Kier molecular flexibility index (Phi) is 7.54. The van der Waals surface area contributed by atoms with Gasteiger partial charge in [0.05, 0.1) is 13.7 Å². The van der Waals surface area contributed by atoms with Gasteiger partial charge in [-0.3, -0.25) is 14.9 Å². The van der Waals surface area contributed by atoms with E-state index in [1.54, 1.807) is 11.9 Å². The maximum atomic E-state index is 11.6. The molecule has 100 valence electrons. The predicted molar refractivity (Wildman–Crippen MR) is 66.6 cm³/mol. The van der Waals surface area contributed by atoms with Crippen LogP contribution in [0.4, 0.5) is 0 Å². The summed E-state index contributed by atoms with van der Waals surface area (Å²) in [6, 6.07) is -0.408. The molecule has 0 aliphatic carbocycles. The van der Waals surface area contributed by atoms with Gasteiger partial charge in [0, 0.05) is 13.6 Å². The van der Waals surface area contributed by atoms with Gasteiger partial charge in [-0.05, 0) is 19.3 Å². The zero-order valence-corrected chi connectivity index (χ0v) is 11.4. The topological polar surface area (TPSA) is 58.6 Å². The third-order valence-corrected chi connectivity index (χ3v) is 2.59. The number of methoxy groups -OCH3 is 1. The van der Waals surface area contributed by atoms with Gasteiger partial charge in [0.2, 0.25) is 5.91 Å². The Hall–Kier alpha value is -1.10. The molecule has 0 aromatic carbocycles. The summed E-state index contributed by atoms with van der Waals surface area (Å²) >= 11 is 0. The number of hydrogen-bond donors (Lipinski definition) is 1. The number of nitrogens with one attached hydrogen (secondary N) is 1. The molecule has 0 aliphatic heterocycles. The zero-order chi connectivity index (χ0) is 13.4. The number of carbonyl (C=O) groups is 2. The molecule has 0 aromatic heterocycles. The van der Waals surface area contributed by atoms with Gasteiger partial charge in [-0.25, -0.2) is 0 Å². The van der Waals surface area contributed by atoms with Gasteiger partial charge < -0.3 is 9.64 Å².